The summed E-state index contributed by atoms with van der Waals surface area (Å²) in [5.74, 6) is -0.475. The van der Waals surface area contributed by atoms with Crippen LogP contribution in [-0.2, 0) is 11.0 Å². The van der Waals surface area contributed by atoms with Crippen molar-refractivity contribution < 1.29 is 22.7 Å². The number of amides is 1. The van der Waals surface area contributed by atoms with Gasteiger partial charge in [0.1, 0.15) is 11.8 Å². The summed E-state index contributed by atoms with van der Waals surface area (Å²) in [6.45, 7) is -0.479. The Bertz CT molecular complexity index is 1020. The lowest BCUT2D eigenvalue weighted by molar-refractivity contribution is -0.137. The van der Waals surface area contributed by atoms with Gasteiger partial charge in [0.15, 0.2) is 6.61 Å². The van der Waals surface area contributed by atoms with Gasteiger partial charge in [0.25, 0.3) is 5.91 Å². The third kappa shape index (κ3) is 4.29. The second-order valence-electron chi connectivity index (χ2n) is 5.63. The van der Waals surface area contributed by atoms with Crippen LogP contribution in [0.3, 0.4) is 0 Å². The first-order chi connectivity index (χ1) is 13.4. The summed E-state index contributed by atoms with van der Waals surface area (Å²) in [6.07, 6.45) is -1.56. The van der Waals surface area contributed by atoms with Crippen molar-refractivity contribution in [3.8, 4) is 17.5 Å². The van der Waals surface area contributed by atoms with E-state index in [2.05, 4.69) is 10.4 Å². The lowest BCUT2D eigenvalue weighted by atomic mass is 10.1. The number of ether oxygens (including phenoxy) is 1. The molecule has 0 unspecified atom stereocenters. The molecule has 0 aliphatic heterocycles. The SMILES string of the molecule is N#Cc1ccccc1OCC(=O)Nc1cc(C(F)(F)F)ccc1-n1cccn1. The van der Waals surface area contributed by atoms with E-state index in [1.54, 1.807) is 18.2 Å². The molecule has 6 nitrogen and oxygen atoms in total. The highest BCUT2D eigenvalue weighted by Gasteiger charge is 2.31. The summed E-state index contributed by atoms with van der Waals surface area (Å²) in [5, 5.41) is 15.4. The molecule has 3 aromatic rings. The lowest BCUT2D eigenvalue weighted by Gasteiger charge is -2.15. The first kappa shape index (κ1) is 19.0. The van der Waals surface area contributed by atoms with Gasteiger partial charge in [-0.1, -0.05) is 12.1 Å². The number of carbonyl (C=O) groups is 1. The molecule has 0 saturated heterocycles. The quantitative estimate of drug-likeness (QED) is 0.724. The van der Waals surface area contributed by atoms with Crippen LogP contribution in [0.4, 0.5) is 18.9 Å². The number of nitrogens with zero attached hydrogens (tertiary/aromatic N) is 3. The molecule has 0 saturated carbocycles. The van der Waals surface area contributed by atoms with E-state index in [9.17, 15) is 18.0 Å². The van der Waals surface area contributed by atoms with Gasteiger partial charge >= 0.3 is 6.18 Å². The van der Waals surface area contributed by atoms with E-state index in [1.165, 1.54) is 35.3 Å². The van der Waals surface area contributed by atoms with Gasteiger partial charge in [-0.3, -0.25) is 4.79 Å². The zero-order valence-corrected chi connectivity index (χ0v) is 14.3. The molecular weight excluding hydrogens is 373 g/mol. The molecule has 1 N–H and O–H groups in total. The van der Waals surface area contributed by atoms with Crippen LogP contribution in [0.5, 0.6) is 5.75 Å². The second-order valence-corrected chi connectivity index (χ2v) is 5.63. The molecule has 1 aromatic heterocycles. The maximum absolute atomic E-state index is 13.0. The molecule has 0 spiro atoms. The molecule has 0 atom stereocenters. The molecule has 0 aliphatic carbocycles. The van der Waals surface area contributed by atoms with E-state index in [1.807, 2.05) is 6.07 Å². The number of carbonyl (C=O) groups excluding carboxylic acids is 1. The molecule has 28 heavy (non-hydrogen) atoms. The number of anilines is 1. The van der Waals surface area contributed by atoms with E-state index in [0.717, 1.165) is 12.1 Å². The number of hydrogen-bond acceptors (Lipinski definition) is 4. The Kier molecular flexibility index (Phi) is 5.31. The molecule has 142 valence electrons. The average Bonchev–Trinajstić information content (AvgIpc) is 3.20. The normalized spacial score (nSPS) is 10.9. The molecule has 1 amide bonds. The van der Waals surface area contributed by atoms with Crippen LogP contribution in [0.25, 0.3) is 5.69 Å². The highest BCUT2D eigenvalue weighted by molar-refractivity contribution is 5.94. The van der Waals surface area contributed by atoms with Crippen molar-refractivity contribution in [2.75, 3.05) is 11.9 Å². The predicted molar refractivity (Wildman–Crippen MR) is 93.8 cm³/mol. The molecule has 0 radical (unpaired) electrons. The van der Waals surface area contributed by atoms with Gasteiger partial charge in [0.2, 0.25) is 0 Å². The molecule has 0 bridgehead atoms. The Balaban J connectivity index is 1.81. The Morgan fingerprint density at radius 2 is 2.00 bits per heavy atom. The van der Waals surface area contributed by atoms with Crippen LogP contribution < -0.4 is 10.1 Å². The van der Waals surface area contributed by atoms with Crippen molar-refractivity contribution in [1.82, 2.24) is 9.78 Å². The summed E-state index contributed by atoms with van der Waals surface area (Å²) in [7, 11) is 0. The number of aromatic nitrogens is 2. The highest BCUT2D eigenvalue weighted by Crippen LogP contribution is 2.33. The summed E-state index contributed by atoms with van der Waals surface area (Å²) < 4.78 is 45.8. The minimum atomic E-state index is -4.57. The predicted octanol–water partition coefficient (Wildman–Crippen LogP) is 3.78. The maximum atomic E-state index is 13.0. The zero-order chi connectivity index (χ0) is 20.1. The van der Waals surface area contributed by atoms with Crippen molar-refractivity contribution >= 4 is 11.6 Å². The fourth-order valence-corrected chi connectivity index (χ4v) is 2.44. The zero-order valence-electron chi connectivity index (χ0n) is 14.3. The second kappa shape index (κ2) is 7.84. The Labute approximate surface area is 157 Å². The van der Waals surface area contributed by atoms with Gasteiger partial charge in [-0.05, 0) is 36.4 Å². The first-order valence-corrected chi connectivity index (χ1v) is 8.01. The monoisotopic (exact) mass is 386 g/mol. The van der Waals surface area contributed by atoms with Gasteiger partial charge in [-0.2, -0.15) is 23.5 Å². The topological polar surface area (TPSA) is 79.9 Å². The third-order valence-electron chi connectivity index (χ3n) is 3.72. The molecular formula is C19H13F3N4O2. The largest absolute Gasteiger partial charge is 0.482 e. The van der Waals surface area contributed by atoms with Gasteiger partial charge in [-0.15, -0.1) is 0 Å². The van der Waals surface area contributed by atoms with Crippen molar-refractivity contribution in [3.05, 3.63) is 72.1 Å². The standard InChI is InChI=1S/C19H13F3N4O2/c20-19(21,22)14-6-7-16(26-9-3-8-24-26)15(10-14)25-18(27)12-28-17-5-2-1-4-13(17)11-23/h1-10H,12H2,(H,25,27). The molecule has 9 heteroatoms. The van der Waals surface area contributed by atoms with Gasteiger partial charge in [-0.25, -0.2) is 4.68 Å². The fraction of sp³-hybridized carbons (Fsp3) is 0.105. The number of nitriles is 1. The first-order valence-electron chi connectivity index (χ1n) is 8.01. The van der Waals surface area contributed by atoms with Gasteiger partial charge in [0, 0.05) is 12.4 Å². The summed E-state index contributed by atoms with van der Waals surface area (Å²) >= 11 is 0. The van der Waals surface area contributed by atoms with Crippen molar-refractivity contribution in [1.29, 1.82) is 5.26 Å². The van der Waals surface area contributed by atoms with Crippen LogP contribution in [0.15, 0.2) is 60.9 Å². The minimum Gasteiger partial charge on any atom is -0.482 e. The average molecular weight is 386 g/mol. The third-order valence-corrected chi connectivity index (χ3v) is 3.72. The molecule has 3 rings (SSSR count). The van der Waals surface area contributed by atoms with Crippen LogP contribution in [0.2, 0.25) is 0 Å². The number of para-hydroxylation sites is 1. The number of hydrogen-bond donors (Lipinski definition) is 1. The molecule has 2 aromatic carbocycles. The van der Waals surface area contributed by atoms with E-state index in [0.29, 0.717) is 0 Å². The Morgan fingerprint density at radius 3 is 2.68 bits per heavy atom. The highest BCUT2D eigenvalue weighted by atomic mass is 19.4. The van der Waals surface area contributed by atoms with E-state index in [4.69, 9.17) is 10.00 Å². The van der Waals surface area contributed by atoms with Crippen LogP contribution in [0.1, 0.15) is 11.1 Å². The number of nitrogens with one attached hydrogen (secondary N) is 1. The lowest BCUT2D eigenvalue weighted by Crippen LogP contribution is -2.22. The van der Waals surface area contributed by atoms with Gasteiger partial charge < -0.3 is 10.1 Å². The fourth-order valence-electron chi connectivity index (χ4n) is 2.44. The number of alkyl halides is 3. The number of halogens is 3. The Hall–Kier alpha value is -3.80. The van der Waals surface area contributed by atoms with Crippen LogP contribution in [-0.4, -0.2) is 22.3 Å². The molecule has 0 fully saturated rings. The minimum absolute atomic E-state index is 0.0688. The molecule has 1 heterocycles. The van der Waals surface area contributed by atoms with Crippen molar-refractivity contribution in [3.63, 3.8) is 0 Å². The van der Waals surface area contributed by atoms with E-state index < -0.39 is 24.3 Å². The Morgan fingerprint density at radius 1 is 1.21 bits per heavy atom. The van der Waals surface area contributed by atoms with Crippen LogP contribution in [0, 0.1) is 11.3 Å². The smallest absolute Gasteiger partial charge is 0.416 e. The van der Waals surface area contributed by atoms with Crippen LogP contribution >= 0.6 is 0 Å². The van der Waals surface area contributed by atoms with E-state index >= 15 is 0 Å². The van der Waals surface area contributed by atoms with E-state index in [-0.39, 0.29) is 22.7 Å². The number of rotatable bonds is 5. The summed E-state index contributed by atoms with van der Waals surface area (Å²) in [5.41, 5.74) is -0.467. The summed E-state index contributed by atoms with van der Waals surface area (Å²) in [6, 6.07) is 12.8. The van der Waals surface area contributed by atoms with Crippen molar-refractivity contribution in [2.24, 2.45) is 0 Å². The van der Waals surface area contributed by atoms with Gasteiger partial charge in [0.05, 0.1) is 22.5 Å². The molecule has 0 aliphatic rings. The number of benzene rings is 2. The van der Waals surface area contributed by atoms with Crippen molar-refractivity contribution in [2.45, 2.75) is 6.18 Å². The summed E-state index contributed by atoms with van der Waals surface area (Å²) in [4.78, 5) is 12.2. The maximum Gasteiger partial charge on any atom is 0.416 e.